The Bertz CT molecular complexity index is 1600. The van der Waals surface area contributed by atoms with Crippen molar-refractivity contribution in [2.75, 3.05) is 25.5 Å². The quantitative estimate of drug-likeness (QED) is 0.191. The predicted octanol–water partition coefficient (Wildman–Crippen LogP) is 7.95. The summed E-state index contributed by atoms with van der Waals surface area (Å²) in [6.45, 7) is -3.46. The lowest BCUT2D eigenvalue weighted by Gasteiger charge is -2.20. The highest BCUT2D eigenvalue weighted by molar-refractivity contribution is 6.03. The molecule has 40 heavy (non-hydrogen) atoms. The molecule has 4 rings (SSSR count). The number of alkyl halides is 9. The molecule has 0 aromatic heterocycles. The van der Waals surface area contributed by atoms with Gasteiger partial charge in [0.25, 0.3) is 0 Å². The topological polar surface area (TPSA) is 46.8 Å². The normalized spacial score (nSPS) is 13.3. The molecule has 2 aliphatic rings. The number of rotatable bonds is 5. The van der Waals surface area contributed by atoms with Crippen molar-refractivity contribution in [2.24, 2.45) is 4.99 Å². The van der Waals surface area contributed by atoms with Crippen LogP contribution in [-0.2, 0) is 6.18 Å². The molecule has 0 bridgehead atoms. The lowest BCUT2D eigenvalue weighted by molar-refractivity contribution is -0.137. The minimum absolute atomic E-state index is 0.213. The summed E-state index contributed by atoms with van der Waals surface area (Å²) in [6, 6.07) is 5.33. The fourth-order valence-electron chi connectivity index (χ4n) is 3.94. The third-order valence-corrected chi connectivity index (χ3v) is 5.59. The SMILES string of the molecule is COc1ccc(-c2c3cc(F)c(=NCC(F)(F)F)cc-3oc3cc(NCC(F)(F)F)c(F)cc23)c(C(F)(F)F)c1. The lowest BCUT2D eigenvalue weighted by Crippen LogP contribution is -2.21. The van der Waals surface area contributed by atoms with Gasteiger partial charge in [0.1, 0.15) is 41.8 Å². The molecule has 1 heterocycles. The Morgan fingerprint density at radius 2 is 1.52 bits per heavy atom. The molecule has 15 heteroatoms. The van der Waals surface area contributed by atoms with E-state index in [1.54, 1.807) is 5.32 Å². The molecule has 0 amide bonds. The number of nitrogens with zero attached hydrogens (tertiary/aromatic N) is 1. The third-order valence-electron chi connectivity index (χ3n) is 5.59. The summed E-state index contributed by atoms with van der Waals surface area (Å²) in [6.07, 6.45) is -14.6. The van der Waals surface area contributed by atoms with Crippen LogP contribution >= 0.6 is 0 Å². The van der Waals surface area contributed by atoms with Crippen LogP contribution < -0.4 is 15.4 Å². The van der Waals surface area contributed by atoms with Crippen LogP contribution in [0, 0.1) is 11.6 Å². The third kappa shape index (κ3) is 6.23. The maximum Gasteiger partial charge on any atom is 0.417 e. The van der Waals surface area contributed by atoms with Gasteiger partial charge in [-0.3, -0.25) is 4.99 Å². The first-order chi connectivity index (χ1) is 18.5. The van der Waals surface area contributed by atoms with Gasteiger partial charge in [0.2, 0.25) is 0 Å². The standard InChI is InChI=1S/C25H15F11N2O2/c1-39-11-2-3-12(15(4-11)25(34,35)36)22-13-5-16(26)18(37-9-23(28,29)30)7-20(13)40-21-8-19(17(27)6-14(21)22)38-10-24(31,32)33/h2-8,37H,9-10H2,1H3. The predicted molar refractivity (Wildman–Crippen MR) is 121 cm³/mol. The molecule has 0 spiro atoms. The molecule has 1 aliphatic heterocycles. The summed E-state index contributed by atoms with van der Waals surface area (Å²) in [5, 5.41) is 0.564. The van der Waals surface area contributed by atoms with Gasteiger partial charge < -0.3 is 14.5 Å². The van der Waals surface area contributed by atoms with Gasteiger partial charge in [-0.05, 0) is 29.8 Å². The number of benzene rings is 3. The van der Waals surface area contributed by atoms with E-state index in [0.29, 0.717) is 24.3 Å². The molecular formula is C25H15F11N2O2. The molecule has 4 nitrogen and oxygen atoms in total. The second kappa shape index (κ2) is 10.2. The molecule has 2 aromatic rings. The molecule has 1 aliphatic carbocycles. The monoisotopic (exact) mass is 584 g/mol. The maximum atomic E-state index is 14.9. The number of hydrogen-bond acceptors (Lipinski definition) is 4. The van der Waals surface area contributed by atoms with Crippen molar-refractivity contribution in [3.8, 4) is 28.2 Å². The molecule has 0 atom stereocenters. The second-order valence-corrected chi connectivity index (χ2v) is 8.41. The van der Waals surface area contributed by atoms with Gasteiger partial charge in [0.15, 0.2) is 0 Å². The molecular weight excluding hydrogens is 569 g/mol. The number of fused-ring (bicyclic) bond motifs is 2. The molecule has 0 saturated carbocycles. The van der Waals surface area contributed by atoms with Crippen LogP contribution in [0.25, 0.3) is 33.4 Å². The van der Waals surface area contributed by atoms with Crippen LogP contribution in [0.2, 0.25) is 0 Å². The zero-order valence-corrected chi connectivity index (χ0v) is 19.9. The summed E-state index contributed by atoms with van der Waals surface area (Å²) in [7, 11) is 1.10. The Balaban J connectivity index is 2.10. The van der Waals surface area contributed by atoms with Crippen molar-refractivity contribution >= 4 is 16.7 Å². The van der Waals surface area contributed by atoms with Crippen LogP contribution in [0.5, 0.6) is 5.75 Å². The zero-order chi connectivity index (χ0) is 29.6. The van der Waals surface area contributed by atoms with Crippen LogP contribution in [0.4, 0.5) is 54.0 Å². The fraction of sp³-hybridized carbons (Fsp3) is 0.240. The van der Waals surface area contributed by atoms with Gasteiger partial charge in [-0.15, -0.1) is 0 Å². The van der Waals surface area contributed by atoms with Crippen molar-refractivity contribution in [1.82, 2.24) is 0 Å². The van der Waals surface area contributed by atoms with Crippen molar-refractivity contribution in [3.63, 3.8) is 0 Å². The molecule has 0 radical (unpaired) electrons. The number of halogens is 11. The van der Waals surface area contributed by atoms with E-state index in [4.69, 9.17) is 9.15 Å². The van der Waals surface area contributed by atoms with E-state index in [0.717, 1.165) is 25.3 Å². The molecule has 1 N–H and O–H groups in total. The first-order valence-corrected chi connectivity index (χ1v) is 11.0. The number of ether oxygens (including phenoxy) is 1. The Morgan fingerprint density at radius 3 is 2.12 bits per heavy atom. The van der Waals surface area contributed by atoms with Gasteiger partial charge in [-0.25, -0.2) is 8.78 Å². The average molecular weight is 584 g/mol. The number of hydrogen-bond donors (Lipinski definition) is 1. The van der Waals surface area contributed by atoms with Crippen LogP contribution in [-0.4, -0.2) is 32.6 Å². The second-order valence-electron chi connectivity index (χ2n) is 8.41. The highest BCUT2D eigenvalue weighted by atomic mass is 19.4. The minimum Gasteiger partial charge on any atom is -0.497 e. The highest BCUT2D eigenvalue weighted by Crippen LogP contribution is 2.47. The largest absolute Gasteiger partial charge is 0.497 e. The van der Waals surface area contributed by atoms with Crippen LogP contribution in [0.1, 0.15) is 5.56 Å². The summed E-state index contributed by atoms with van der Waals surface area (Å²) < 4.78 is 158. The van der Waals surface area contributed by atoms with E-state index in [1.165, 1.54) is 0 Å². The van der Waals surface area contributed by atoms with Gasteiger partial charge in [0.05, 0.1) is 23.7 Å². The molecule has 0 fully saturated rings. The number of methoxy groups -OCH3 is 1. The van der Waals surface area contributed by atoms with E-state index in [2.05, 4.69) is 4.99 Å². The molecule has 2 aromatic carbocycles. The Kier molecular flexibility index (Phi) is 7.36. The van der Waals surface area contributed by atoms with Gasteiger partial charge in [-0.1, -0.05) is 6.07 Å². The van der Waals surface area contributed by atoms with Crippen molar-refractivity contribution in [2.45, 2.75) is 18.5 Å². The molecule has 214 valence electrons. The summed E-state index contributed by atoms with van der Waals surface area (Å²) >= 11 is 0. The Morgan fingerprint density at radius 1 is 0.825 bits per heavy atom. The van der Waals surface area contributed by atoms with E-state index >= 15 is 0 Å². The molecule has 0 saturated heterocycles. The molecule has 0 unspecified atom stereocenters. The van der Waals surface area contributed by atoms with E-state index in [-0.39, 0.29) is 5.75 Å². The first-order valence-electron chi connectivity index (χ1n) is 11.0. The number of nitrogens with one attached hydrogen (secondary N) is 1. The van der Waals surface area contributed by atoms with Crippen LogP contribution in [0.15, 0.2) is 51.9 Å². The summed E-state index contributed by atoms with van der Waals surface area (Å²) in [5.41, 5.74) is -3.95. The Hall–Kier alpha value is -4.04. The van der Waals surface area contributed by atoms with E-state index < -0.39 is 93.3 Å². The van der Waals surface area contributed by atoms with Gasteiger partial charge in [-0.2, -0.15) is 39.5 Å². The van der Waals surface area contributed by atoms with Crippen molar-refractivity contribution in [3.05, 3.63) is 65.0 Å². The smallest absolute Gasteiger partial charge is 0.417 e. The fourth-order valence-corrected chi connectivity index (χ4v) is 3.94. The van der Waals surface area contributed by atoms with Gasteiger partial charge in [0, 0.05) is 28.6 Å². The lowest BCUT2D eigenvalue weighted by atomic mass is 9.90. The first kappa shape index (κ1) is 29.0. The highest BCUT2D eigenvalue weighted by Gasteiger charge is 2.36. The maximum absolute atomic E-state index is 14.9. The van der Waals surface area contributed by atoms with Crippen molar-refractivity contribution in [1.29, 1.82) is 0 Å². The van der Waals surface area contributed by atoms with Gasteiger partial charge >= 0.3 is 18.5 Å². The van der Waals surface area contributed by atoms with E-state index in [9.17, 15) is 48.3 Å². The Labute approximate surface area is 217 Å². The zero-order valence-electron chi connectivity index (χ0n) is 19.9. The minimum atomic E-state index is -5.03. The van der Waals surface area contributed by atoms with Crippen molar-refractivity contribution < 1.29 is 57.4 Å². The summed E-state index contributed by atoms with van der Waals surface area (Å²) in [5.74, 6) is -3.33. The van der Waals surface area contributed by atoms with Crippen LogP contribution in [0.3, 0.4) is 0 Å². The average Bonchev–Trinajstić information content (AvgIpc) is 2.83. The number of anilines is 1. The van der Waals surface area contributed by atoms with E-state index in [1.807, 2.05) is 0 Å². The summed E-state index contributed by atoms with van der Waals surface area (Å²) in [4.78, 5) is 3.12.